The van der Waals surface area contributed by atoms with Crippen LogP contribution in [0.15, 0.2) is 35.2 Å². The molecule has 0 bridgehead atoms. The van der Waals surface area contributed by atoms with Gasteiger partial charge in [0.05, 0.1) is 28.1 Å². The number of hydrogen-bond donors (Lipinski definition) is 1. The van der Waals surface area contributed by atoms with Crippen LogP contribution in [0.4, 0.5) is 5.82 Å². The third-order valence-electron chi connectivity index (χ3n) is 5.95. The first-order valence-electron chi connectivity index (χ1n) is 10.8. The Bertz CT molecular complexity index is 1210. The molecule has 0 radical (unpaired) electrons. The smallest absolute Gasteiger partial charge is 0.256 e. The molecular weight excluding hydrogens is 452 g/mol. The second-order valence-electron chi connectivity index (χ2n) is 8.47. The van der Waals surface area contributed by atoms with Crippen LogP contribution in [0, 0.1) is 6.92 Å². The van der Waals surface area contributed by atoms with Crippen LogP contribution in [-0.2, 0) is 19.9 Å². The van der Waals surface area contributed by atoms with Gasteiger partial charge in [0.2, 0.25) is 10.0 Å². The molecule has 1 unspecified atom stereocenters. The highest BCUT2D eigenvalue weighted by Crippen LogP contribution is 2.28. The topological polar surface area (TPSA) is 118 Å². The molecule has 2 aromatic rings. The van der Waals surface area contributed by atoms with E-state index in [1.165, 1.54) is 16.4 Å². The first-order chi connectivity index (χ1) is 15.2. The fraction of sp³-hybridized carbons (Fsp3) is 0.524. The number of sulfonamides is 1. The van der Waals surface area contributed by atoms with E-state index in [0.717, 1.165) is 25.7 Å². The Morgan fingerprint density at radius 2 is 1.84 bits per heavy atom. The molecule has 2 aliphatic heterocycles. The van der Waals surface area contributed by atoms with Crippen molar-refractivity contribution in [2.45, 2.75) is 50.0 Å². The van der Waals surface area contributed by atoms with Crippen molar-refractivity contribution >= 4 is 31.6 Å². The van der Waals surface area contributed by atoms with Gasteiger partial charge in [0.1, 0.15) is 5.82 Å². The van der Waals surface area contributed by atoms with Gasteiger partial charge in [-0.2, -0.15) is 9.40 Å². The third kappa shape index (κ3) is 4.89. The van der Waals surface area contributed by atoms with Crippen molar-refractivity contribution in [2.24, 2.45) is 0 Å². The van der Waals surface area contributed by atoms with Crippen LogP contribution in [0.3, 0.4) is 0 Å². The zero-order chi connectivity index (χ0) is 22.9. The van der Waals surface area contributed by atoms with Crippen LogP contribution in [0.5, 0.6) is 0 Å². The Hall–Kier alpha value is -2.24. The molecular formula is C21H28N4O5S2. The molecule has 2 saturated heterocycles. The number of nitrogens with one attached hydrogen (secondary N) is 1. The molecule has 1 amide bonds. The summed E-state index contributed by atoms with van der Waals surface area (Å²) in [5.41, 5.74) is 0.868. The van der Waals surface area contributed by atoms with E-state index in [0.29, 0.717) is 31.0 Å². The lowest BCUT2D eigenvalue weighted by Crippen LogP contribution is -2.32. The predicted octanol–water partition coefficient (Wildman–Crippen LogP) is 2.37. The van der Waals surface area contributed by atoms with E-state index in [4.69, 9.17) is 0 Å². The molecule has 0 aliphatic carbocycles. The van der Waals surface area contributed by atoms with E-state index in [1.807, 2.05) is 0 Å². The maximum absolute atomic E-state index is 13.1. The van der Waals surface area contributed by atoms with E-state index >= 15 is 0 Å². The molecule has 1 N–H and O–H groups in total. The van der Waals surface area contributed by atoms with Crippen molar-refractivity contribution in [3.63, 3.8) is 0 Å². The van der Waals surface area contributed by atoms with E-state index < -0.39 is 25.8 Å². The number of carbonyl (C=O) groups excluding carboxylic acids is 1. The fourth-order valence-electron chi connectivity index (χ4n) is 4.27. The van der Waals surface area contributed by atoms with Gasteiger partial charge in [-0.05, 0) is 44.4 Å². The predicted molar refractivity (Wildman–Crippen MR) is 121 cm³/mol. The van der Waals surface area contributed by atoms with Crippen molar-refractivity contribution in [1.82, 2.24) is 14.1 Å². The van der Waals surface area contributed by atoms with Gasteiger partial charge in [-0.15, -0.1) is 0 Å². The van der Waals surface area contributed by atoms with Gasteiger partial charge in [0.15, 0.2) is 9.84 Å². The minimum Gasteiger partial charge on any atom is -0.307 e. The third-order valence-corrected chi connectivity index (χ3v) is 9.60. The summed E-state index contributed by atoms with van der Waals surface area (Å²) in [5.74, 6) is 0.0104. The molecule has 32 heavy (non-hydrogen) atoms. The summed E-state index contributed by atoms with van der Waals surface area (Å²) >= 11 is 0. The van der Waals surface area contributed by atoms with Crippen LogP contribution < -0.4 is 5.32 Å². The summed E-state index contributed by atoms with van der Waals surface area (Å²) in [7, 11) is -6.79. The van der Waals surface area contributed by atoms with Gasteiger partial charge in [0, 0.05) is 24.7 Å². The molecule has 9 nitrogen and oxygen atoms in total. The summed E-state index contributed by atoms with van der Waals surface area (Å²) in [5, 5.41) is 7.15. The Labute approximate surface area is 188 Å². The summed E-state index contributed by atoms with van der Waals surface area (Å²) in [4.78, 5) is 13.0. The number of nitrogens with zero attached hydrogens (tertiary/aromatic N) is 3. The molecule has 3 heterocycles. The number of aryl methyl sites for hydroxylation is 1. The minimum absolute atomic E-state index is 0.0133. The fourth-order valence-corrected chi connectivity index (χ4v) is 7.53. The van der Waals surface area contributed by atoms with Crippen molar-refractivity contribution in [3.8, 4) is 0 Å². The van der Waals surface area contributed by atoms with Crippen molar-refractivity contribution in [1.29, 1.82) is 0 Å². The van der Waals surface area contributed by atoms with Crippen LogP contribution in [0.1, 0.15) is 54.2 Å². The largest absolute Gasteiger partial charge is 0.307 e. The van der Waals surface area contributed by atoms with E-state index in [-0.39, 0.29) is 28.0 Å². The van der Waals surface area contributed by atoms with E-state index in [2.05, 4.69) is 10.4 Å². The normalized spacial score (nSPS) is 21.8. The van der Waals surface area contributed by atoms with Crippen molar-refractivity contribution in [2.75, 3.05) is 29.9 Å². The molecule has 2 fully saturated rings. The molecule has 1 aromatic heterocycles. The number of amides is 1. The molecule has 11 heteroatoms. The quantitative estimate of drug-likeness (QED) is 0.702. The van der Waals surface area contributed by atoms with Crippen LogP contribution in [-0.4, -0.2) is 61.4 Å². The average Bonchev–Trinajstić information content (AvgIpc) is 3.15. The highest BCUT2D eigenvalue weighted by molar-refractivity contribution is 7.91. The van der Waals surface area contributed by atoms with Gasteiger partial charge in [-0.3, -0.25) is 4.79 Å². The Morgan fingerprint density at radius 1 is 1.12 bits per heavy atom. The number of hydrogen-bond acceptors (Lipinski definition) is 6. The molecule has 1 atom stereocenters. The highest BCUT2D eigenvalue weighted by Gasteiger charge is 2.31. The second kappa shape index (κ2) is 8.95. The number of aromatic nitrogens is 2. The first kappa shape index (κ1) is 22.9. The molecule has 174 valence electrons. The molecule has 0 saturated carbocycles. The SMILES string of the molecule is Cc1cc(NC(=O)c2cccc(S(=O)(=O)N3CCCCCC3)c2)n(C2CCS(=O)(=O)C2)n1. The van der Waals surface area contributed by atoms with Crippen molar-refractivity contribution in [3.05, 3.63) is 41.6 Å². The molecule has 2 aliphatic rings. The van der Waals surface area contributed by atoms with Crippen LogP contribution in [0.2, 0.25) is 0 Å². The number of anilines is 1. The molecule has 0 spiro atoms. The lowest BCUT2D eigenvalue weighted by Gasteiger charge is -2.20. The van der Waals surface area contributed by atoms with E-state index in [1.54, 1.807) is 29.8 Å². The number of carbonyl (C=O) groups is 1. The summed E-state index contributed by atoms with van der Waals surface area (Å²) < 4.78 is 53.0. The number of rotatable bonds is 5. The van der Waals surface area contributed by atoms with Gasteiger partial charge in [-0.1, -0.05) is 18.9 Å². The Balaban J connectivity index is 1.55. The first-order valence-corrected chi connectivity index (χ1v) is 14.1. The Kier molecular flexibility index (Phi) is 6.42. The maximum Gasteiger partial charge on any atom is 0.256 e. The molecule has 4 rings (SSSR count). The van der Waals surface area contributed by atoms with Crippen molar-refractivity contribution < 1.29 is 21.6 Å². The van der Waals surface area contributed by atoms with Crippen LogP contribution in [0.25, 0.3) is 0 Å². The van der Waals surface area contributed by atoms with E-state index in [9.17, 15) is 21.6 Å². The number of sulfone groups is 1. The lowest BCUT2D eigenvalue weighted by molar-refractivity contribution is 0.102. The lowest BCUT2D eigenvalue weighted by atomic mass is 10.2. The summed E-state index contributed by atoms with van der Waals surface area (Å²) in [6, 6.07) is 7.37. The summed E-state index contributed by atoms with van der Waals surface area (Å²) in [6.45, 7) is 2.74. The van der Waals surface area contributed by atoms with Gasteiger partial charge >= 0.3 is 0 Å². The number of benzene rings is 1. The zero-order valence-electron chi connectivity index (χ0n) is 18.0. The Morgan fingerprint density at radius 3 is 2.50 bits per heavy atom. The minimum atomic E-state index is -3.68. The second-order valence-corrected chi connectivity index (χ2v) is 12.6. The monoisotopic (exact) mass is 480 g/mol. The van der Waals surface area contributed by atoms with Crippen LogP contribution >= 0.6 is 0 Å². The van der Waals surface area contributed by atoms with Gasteiger partial charge < -0.3 is 5.32 Å². The summed E-state index contributed by atoms with van der Waals surface area (Å²) in [6.07, 6.45) is 4.14. The van der Waals surface area contributed by atoms with Gasteiger partial charge in [-0.25, -0.2) is 21.5 Å². The molecule has 1 aromatic carbocycles. The maximum atomic E-state index is 13.1. The standard InChI is InChI=1S/C21H28N4O5S2/c1-16-13-20(25(23-16)18-9-12-31(27,28)15-18)22-21(26)17-7-6-8-19(14-17)32(29,30)24-10-4-2-3-5-11-24/h6-8,13-14,18H,2-5,9-12,15H2,1H3,(H,22,26). The highest BCUT2D eigenvalue weighted by atomic mass is 32.2. The van der Waals surface area contributed by atoms with Gasteiger partial charge in [0.25, 0.3) is 5.91 Å². The zero-order valence-corrected chi connectivity index (χ0v) is 19.7. The average molecular weight is 481 g/mol.